The minimum atomic E-state index is -0.761. The molecule has 0 aliphatic heterocycles. The van der Waals surface area contributed by atoms with Crippen molar-refractivity contribution in [2.75, 3.05) is 20.8 Å². The predicted molar refractivity (Wildman–Crippen MR) is 158 cm³/mol. The number of fused-ring (bicyclic) bond motifs is 1. The maximum atomic E-state index is 13.2. The van der Waals surface area contributed by atoms with Gasteiger partial charge in [-0.25, -0.2) is 0 Å². The summed E-state index contributed by atoms with van der Waals surface area (Å²) in [6.45, 7) is 0.452. The number of aromatic hydroxyl groups is 2. The molecule has 0 aliphatic rings. The van der Waals surface area contributed by atoms with Crippen LogP contribution in [0.3, 0.4) is 0 Å². The van der Waals surface area contributed by atoms with Crippen LogP contribution in [0.15, 0.2) is 100 Å². The minimum Gasteiger partial charge on any atom is -0.507 e. The highest BCUT2D eigenvalue weighted by Gasteiger charge is 2.28. The lowest BCUT2D eigenvalue weighted by Gasteiger charge is -2.20. The van der Waals surface area contributed by atoms with E-state index in [4.69, 9.17) is 18.6 Å². The van der Waals surface area contributed by atoms with E-state index < -0.39 is 23.1 Å². The van der Waals surface area contributed by atoms with Crippen molar-refractivity contribution in [3.8, 4) is 34.3 Å². The topological polar surface area (TPSA) is 115 Å². The highest BCUT2D eigenvalue weighted by molar-refractivity contribution is 5.90. The van der Waals surface area contributed by atoms with Crippen molar-refractivity contribution < 1.29 is 33.6 Å². The Morgan fingerprint density at radius 3 is 2.21 bits per heavy atom. The molecule has 42 heavy (non-hydrogen) atoms. The van der Waals surface area contributed by atoms with E-state index in [1.165, 1.54) is 13.2 Å². The summed E-state index contributed by atoms with van der Waals surface area (Å²) in [7, 11) is 2.91. The molecule has 0 aliphatic carbocycles. The van der Waals surface area contributed by atoms with Crippen LogP contribution in [0, 0.1) is 0 Å². The van der Waals surface area contributed by atoms with Crippen molar-refractivity contribution in [2.45, 2.75) is 18.8 Å². The molecule has 5 aromatic rings. The van der Waals surface area contributed by atoms with E-state index in [1.807, 2.05) is 30.3 Å². The Balaban J connectivity index is 1.50. The number of phenols is 2. The molecule has 1 atom stereocenters. The zero-order valence-corrected chi connectivity index (χ0v) is 23.2. The molecule has 1 heterocycles. The molecule has 0 saturated heterocycles. The normalized spacial score (nSPS) is 11.7. The molecule has 0 spiro atoms. The van der Waals surface area contributed by atoms with Crippen LogP contribution in [0.4, 0.5) is 0 Å². The third kappa shape index (κ3) is 6.07. The minimum absolute atomic E-state index is 0.00688. The lowest BCUT2D eigenvalue weighted by Crippen LogP contribution is -2.12. The van der Waals surface area contributed by atoms with Gasteiger partial charge in [-0.3, -0.25) is 9.59 Å². The number of ether oxygens (including phenoxy) is 3. The summed E-state index contributed by atoms with van der Waals surface area (Å²) >= 11 is 0. The molecule has 4 aromatic carbocycles. The molecule has 8 nitrogen and oxygen atoms in total. The molecule has 0 unspecified atom stereocenters. The van der Waals surface area contributed by atoms with Crippen LogP contribution < -0.4 is 14.9 Å². The number of methoxy groups -OCH3 is 2. The van der Waals surface area contributed by atoms with Gasteiger partial charge in [0.1, 0.15) is 39.7 Å². The second-order valence-corrected chi connectivity index (χ2v) is 9.72. The van der Waals surface area contributed by atoms with Crippen LogP contribution >= 0.6 is 0 Å². The molecule has 0 bridgehead atoms. The fourth-order valence-electron chi connectivity index (χ4n) is 4.91. The number of carbonyl (C=O) groups is 1. The van der Waals surface area contributed by atoms with Crippen LogP contribution in [0.25, 0.3) is 22.3 Å². The van der Waals surface area contributed by atoms with Gasteiger partial charge in [0.05, 0.1) is 27.2 Å². The zero-order chi connectivity index (χ0) is 29.6. The third-order valence-electron chi connectivity index (χ3n) is 7.10. The number of hydrogen-bond acceptors (Lipinski definition) is 8. The average Bonchev–Trinajstić information content (AvgIpc) is 3.01. The van der Waals surface area contributed by atoms with Crippen molar-refractivity contribution in [1.82, 2.24) is 0 Å². The quantitative estimate of drug-likeness (QED) is 0.192. The van der Waals surface area contributed by atoms with E-state index in [-0.39, 0.29) is 34.5 Å². The van der Waals surface area contributed by atoms with Gasteiger partial charge in [-0.1, -0.05) is 54.6 Å². The standard InChI is InChI=1S/C34H30O8/c1-39-24-12-8-21(9-13-24)16-17-41-25-14-10-22(11-15-25)26(18-31(38)40-2)32-27(35)19-28(36)33-29(37)20-30(42-34(32)33)23-6-4-3-5-7-23/h3-15,19-20,26,35-36H,16-18H2,1-2H3/t26-/m1/s1. The van der Waals surface area contributed by atoms with Crippen molar-refractivity contribution in [2.24, 2.45) is 0 Å². The molecular formula is C34H30O8. The summed E-state index contributed by atoms with van der Waals surface area (Å²) in [5, 5.41) is 21.6. The van der Waals surface area contributed by atoms with Gasteiger partial charge in [0.2, 0.25) is 0 Å². The Labute approximate surface area is 242 Å². The summed E-state index contributed by atoms with van der Waals surface area (Å²) in [4.78, 5) is 25.7. The van der Waals surface area contributed by atoms with Crippen molar-refractivity contribution in [3.05, 3.63) is 118 Å². The Kier molecular flexibility index (Phi) is 8.43. The van der Waals surface area contributed by atoms with Crippen LogP contribution in [-0.2, 0) is 16.0 Å². The summed E-state index contributed by atoms with van der Waals surface area (Å²) < 4.78 is 22.3. The second-order valence-electron chi connectivity index (χ2n) is 9.72. The van der Waals surface area contributed by atoms with Gasteiger partial charge in [-0.2, -0.15) is 0 Å². The van der Waals surface area contributed by atoms with Gasteiger partial charge in [0.25, 0.3) is 0 Å². The summed E-state index contributed by atoms with van der Waals surface area (Å²) in [6, 6.07) is 26.3. The van der Waals surface area contributed by atoms with Gasteiger partial charge < -0.3 is 28.8 Å². The van der Waals surface area contributed by atoms with Gasteiger partial charge in [-0.15, -0.1) is 0 Å². The second kappa shape index (κ2) is 12.5. The third-order valence-corrected chi connectivity index (χ3v) is 7.10. The molecule has 214 valence electrons. The van der Waals surface area contributed by atoms with Crippen molar-refractivity contribution in [1.29, 1.82) is 0 Å². The first-order chi connectivity index (χ1) is 20.4. The van der Waals surface area contributed by atoms with E-state index in [1.54, 1.807) is 55.6 Å². The molecule has 0 saturated carbocycles. The summed E-state index contributed by atoms with van der Waals surface area (Å²) in [6.07, 6.45) is 0.549. The molecule has 8 heteroatoms. The molecule has 1 aromatic heterocycles. The van der Waals surface area contributed by atoms with Gasteiger partial charge >= 0.3 is 5.97 Å². The van der Waals surface area contributed by atoms with Crippen molar-refractivity contribution in [3.63, 3.8) is 0 Å². The number of benzene rings is 4. The number of hydrogen-bond donors (Lipinski definition) is 2. The highest BCUT2D eigenvalue weighted by atomic mass is 16.5. The van der Waals surface area contributed by atoms with Crippen LogP contribution in [-0.4, -0.2) is 37.0 Å². The van der Waals surface area contributed by atoms with Crippen LogP contribution in [0.1, 0.15) is 29.0 Å². The molecule has 2 N–H and O–H groups in total. The Morgan fingerprint density at radius 2 is 1.55 bits per heavy atom. The maximum Gasteiger partial charge on any atom is 0.306 e. The lowest BCUT2D eigenvalue weighted by molar-refractivity contribution is -0.140. The van der Waals surface area contributed by atoms with Crippen LogP contribution in [0.2, 0.25) is 0 Å². The number of carbonyl (C=O) groups excluding carboxylic acids is 1. The number of esters is 1. The SMILES string of the molecule is COC(=O)C[C@H](c1ccc(OCCc2ccc(OC)cc2)cc1)c1c(O)cc(O)c2c(=O)cc(-c3ccccc3)oc12. The first-order valence-electron chi connectivity index (χ1n) is 13.4. The summed E-state index contributed by atoms with van der Waals surface area (Å²) in [5.74, 6) is -0.345. The van der Waals surface area contributed by atoms with Gasteiger partial charge in [0, 0.05) is 35.6 Å². The number of rotatable bonds is 10. The van der Waals surface area contributed by atoms with Gasteiger partial charge in [0.15, 0.2) is 5.43 Å². The van der Waals surface area contributed by atoms with Gasteiger partial charge in [-0.05, 0) is 35.4 Å². The number of phenolic OH excluding ortho intramolecular Hbond substituents is 2. The van der Waals surface area contributed by atoms with E-state index >= 15 is 0 Å². The monoisotopic (exact) mass is 566 g/mol. The zero-order valence-electron chi connectivity index (χ0n) is 23.2. The molecular weight excluding hydrogens is 536 g/mol. The van der Waals surface area contributed by atoms with E-state index in [0.29, 0.717) is 29.9 Å². The van der Waals surface area contributed by atoms with E-state index in [9.17, 15) is 19.8 Å². The molecule has 0 fully saturated rings. The largest absolute Gasteiger partial charge is 0.507 e. The smallest absolute Gasteiger partial charge is 0.306 e. The Bertz CT molecular complexity index is 1740. The molecule has 5 rings (SSSR count). The first kappa shape index (κ1) is 28.3. The molecule has 0 radical (unpaired) electrons. The van der Waals surface area contributed by atoms with E-state index in [0.717, 1.165) is 17.4 Å². The Hall–Kier alpha value is -5.24. The lowest BCUT2D eigenvalue weighted by atomic mass is 9.86. The Morgan fingerprint density at radius 1 is 0.857 bits per heavy atom. The predicted octanol–water partition coefficient (Wildman–Crippen LogP) is 6.20. The van der Waals surface area contributed by atoms with Crippen molar-refractivity contribution >= 4 is 16.9 Å². The average molecular weight is 567 g/mol. The maximum absolute atomic E-state index is 13.2. The fraction of sp³-hybridized carbons (Fsp3) is 0.176. The first-order valence-corrected chi connectivity index (χ1v) is 13.4. The fourth-order valence-corrected chi connectivity index (χ4v) is 4.91. The van der Waals surface area contributed by atoms with E-state index in [2.05, 4.69) is 0 Å². The molecule has 0 amide bonds. The highest BCUT2D eigenvalue weighted by Crippen LogP contribution is 2.43. The van der Waals surface area contributed by atoms with Crippen LogP contribution in [0.5, 0.6) is 23.0 Å². The summed E-state index contributed by atoms with van der Waals surface area (Å²) in [5.41, 5.74) is 2.11.